The first-order valence-corrected chi connectivity index (χ1v) is 7.85. The summed E-state index contributed by atoms with van der Waals surface area (Å²) in [5, 5.41) is 5.89. The van der Waals surface area contributed by atoms with Crippen molar-refractivity contribution in [2.24, 2.45) is 0 Å². The largest absolute Gasteiger partial charge is 0.352 e. The highest BCUT2D eigenvalue weighted by molar-refractivity contribution is 5.97. The third kappa shape index (κ3) is 3.51. The van der Waals surface area contributed by atoms with E-state index in [1.54, 1.807) is 36.4 Å². The van der Waals surface area contributed by atoms with Gasteiger partial charge in [0.2, 0.25) is 11.9 Å². The summed E-state index contributed by atoms with van der Waals surface area (Å²) in [5.41, 5.74) is 2.55. The molecule has 0 aliphatic carbocycles. The van der Waals surface area contributed by atoms with E-state index in [0.29, 0.717) is 31.1 Å². The first-order chi connectivity index (χ1) is 11.6. The van der Waals surface area contributed by atoms with Gasteiger partial charge < -0.3 is 15.5 Å². The Labute approximate surface area is 140 Å². The van der Waals surface area contributed by atoms with Crippen LogP contribution >= 0.6 is 0 Å². The average molecular weight is 325 g/mol. The fourth-order valence-corrected chi connectivity index (χ4v) is 2.71. The lowest BCUT2D eigenvalue weighted by atomic mass is 10.1. The minimum absolute atomic E-state index is 0.0279. The van der Waals surface area contributed by atoms with Crippen molar-refractivity contribution in [1.82, 2.24) is 15.3 Å². The van der Waals surface area contributed by atoms with Crippen LogP contribution < -0.4 is 15.5 Å². The molecule has 1 aromatic heterocycles. The fourth-order valence-electron chi connectivity index (χ4n) is 2.71. The molecule has 7 nitrogen and oxygen atoms in total. The van der Waals surface area contributed by atoms with Crippen LogP contribution in [0.4, 0.5) is 11.6 Å². The molecular weight excluding hydrogens is 306 g/mol. The van der Waals surface area contributed by atoms with Gasteiger partial charge in [-0.1, -0.05) is 0 Å². The van der Waals surface area contributed by atoms with Gasteiger partial charge in [-0.3, -0.25) is 9.59 Å². The molecule has 1 aromatic carbocycles. The number of anilines is 2. The summed E-state index contributed by atoms with van der Waals surface area (Å²) in [6.07, 6.45) is 4.09. The minimum atomic E-state index is -0.130. The molecule has 0 radical (unpaired) electrons. The number of benzene rings is 1. The van der Waals surface area contributed by atoms with Gasteiger partial charge in [-0.2, -0.15) is 0 Å². The Kier molecular flexibility index (Phi) is 4.69. The van der Waals surface area contributed by atoms with Crippen LogP contribution in [0.15, 0.2) is 36.7 Å². The SMILES string of the molecule is CC(=O)N1CCc2cc(C(=O)NCCNc3ncccn3)ccc21. The van der Waals surface area contributed by atoms with E-state index in [1.807, 2.05) is 12.1 Å². The molecule has 0 fully saturated rings. The summed E-state index contributed by atoms with van der Waals surface area (Å²) in [6.45, 7) is 3.24. The van der Waals surface area contributed by atoms with Crippen molar-refractivity contribution in [1.29, 1.82) is 0 Å². The van der Waals surface area contributed by atoms with Gasteiger partial charge in [-0.25, -0.2) is 9.97 Å². The molecule has 3 rings (SSSR count). The summed E-state index contributed by atoms with van der Waals surface area (Å²) in [5.74, 6) is 0.434. The molecule has 0 spiro atoms. The molecule has 0 saturated heterocycles. The van der Waals surface area contributed by atoms with Crippen LogP contribution in [0.3, 0.4) is 0 Å². The van der Waals surface area contributed by atoms with E-state index in [4.69, 9.17) is 0 Å². The molecule has 1 aliphatic heterocycles. The number of carbonyl (C=O) groups is 2. The highest BCUT2D eigenvalue weighted by Gasteiger charge is 2.22. The molecule has 24 heavy (non-hydrogen) atoms. The van der Waals surface area contributed by atoms with Crippen molar-refractivity contribution in [3.63, 3.8) is 0 Å². The summed E-state index contributed by atoms with van der Waals surface area (Å²) < 4.78 is 0. The minimum Gasteiger partial charge on any atom is -0.352 e. The molecule has 2 aromatic rings. The first kappa shape index (κ1) is 15.9. The van der Waals surface area contributed by atoms with Crippen LogP contribution in [0.25, 0.3) is 0 Å². The number of rotatable bonds is 5. The first-order valence-electron chi connectivity index (χ1n) is 7.85. The molecule has 0 unspecified atom stereocenters. The Morgan fingerprint density at radius 1 is 1.21 bits per heavy atom. The Balaban J connectivity index is 1.53. The Bertz CT molecular complexity index is 748. The Morgan fingerprint density at radius 3 is 2.75 bits per heavy atom. The maximum Gasteiger partial charge on any atom is 0.251 e. The van der Waals surface area contributed by atoms with Gasteiger partial charge in [0, 0.05) is 50.2 Å². The van der Waals surface area contributed by atoms with E-state index in [1.165, 1.54) is 0 Å². The van der Waals surface area contributed by atoms with Crippen molar-refractivity contribution in [3.05, 3.63) is 47.8 Å². The lowest BCUT2D eigenvalue weighted by Gasteiger charge is -2.14. The van der Waals surface area contributed by atoms with E-state index in [2.05, 4.69) is 20.6 Å². The molecule has 0 saturated carbocycles. The third-order valence-corrected chi connectivity index (χ3v) is 3.88. The highest BCUT2D eigenvalue weighted by Crippen LogP contribution is 2.28. The number of aromatic nitrogens is 2. The van der Waals surface area contributed by atoms with Gasteiger partial charge in [0.15, 0.2) is 0 Å². The van der Waals surface area contributed by atoms with Crippen molar-refractivity contribution in [2.75, 3.05) is 29.9 Å². The van der Waals surface area contributed by atoms with E-state index < -0.39 is 0 Å². The number of hydrogen-bond donors (Lipinski definition) is 2. The lowest BCUT2D eigenvalue weighted by Crippen LogP contribution is -2.29. The molecule has 2 heterocycles. The van der Waals surface area contributed by atoms with Crippen molar-refractivity contribution < 1.29 is 9.59 Å². The molecule has 2 N–H and O–H groups in total. The van der Waals surface area contributed by atoms with Gasteiger partial charge in [-0.15, -0.1) is 0 Å². The predicted molar refractivity (Wildman–Crippen MR) is 91.0 cm³/mol. The monoisotopic (exact) mass is 325 g/mol. The highest BCUT2D eigenvalue weighted by atomic mass is 16.2. The lowest BCUT2D eigenvalue weighted by molar-refractivity contribution is -0.116. The van der Waals surface area contributed by atoms with E-state index in [0.717, 1.165) is 17.7 Å². The second kappa shape index (κ2) is 7.08. The number of hydrogen-bond acceptors (Lipinski definition) is 5. The van der Waals surface area contributed by atoms with Gasteiger partial charge in [0.1, 0.15) is 0 Å². The zero-order chi connectivity index (χ0) is 16.9. The standard InChI is InChI=1S/C17H19N5O2/c1-12(23)22-10-5-13-11-14(3-4-15(13)22)16(24)18-8-9-21-17-19-6-2-7-20-17/h2-4,6-7,11H,5,8-10H2,1H3,(H,18,24)(H,19,20,21). The summed E-state index contributed by atoms with van der Waals surface area (Å²) in [6, 6.07) is 7.20. The number of amides is 2. The molecule has 1 aliphatic rings. The zero-order valence-corrected chi connectivity index (χ0v) is 13.5. The van der Waals surface area contributed by atoms with Gasteiger partial charge in [0.25, 0.3) is 5.91 Å². The normalized spacial score (nSPS) is 12.6. The summed E-state index contributed by atoms with van der Waals surface area (Å²) >= 11 is 0. The van der Waals surface area contributed by atoms with Crippen molar-refractivity contribution in [3.8, 4) is 0 Å². The fraction of sp³-hybridized carbons (Fsp3) is 0.294. The maximum absolute atomic E-state index is 12.2. The van der Waals surface area contributed by atoms with Crippen LogP contribution in [0.2, 0.25) is 0 Å². The molecule has 124 valence electrons. The van der Waals surface area contributed by atoms with Crippen LogP contribution in [0.5, 0.6) is 0 Å². The van der Waals surface area contributed by atoms with E-state index in [-0.39, 0.29) is 11.8 Å². The third-order valence-electron chi connectivity index (χ3n) is 3.88. The molecular formula is C17H19N5O2. The maximum atomic E-state index is 12.2. The van der Waals surface area contributed by atoms with Gasteiger partial charge in [0.05, 0.1) is 0 Å². The number of carbonyl (C=O) groups excluding carboxylic acids is 2. The Morgan fingerprint density at radius 2 is 2.00 bits per heavy atom. The van der Waals surface area contributed by atoms with E-state index in [9.17, 15) is 9.59 Å². The summed E-state index contributed by atoms with van der Waals surface area (Å²) in [4.78, 5) is 33.6. The van der Waals surface area contributed by atoms with Crippen LogP contribution in [0.1, 0.15) is 22.8 Å². The average Bonchev–Trinajstić information content (AvgIpc) is 3.03. The second-order valence-electron chi connectivity index (χ2n) is 5.52. The quantitative estimate of drug-likeness (QED) is 0.807. The molecule has 2 amide bonds. The van der Waals surface area contributed by atoms with Crippen molar-refractivity contribution >= 4 is 23.5 Å². The van der Waals surface area contributed by atoms with Gasteiger partial charge >= 0.3 is 0 Å². The zero-order valence-electron chi connectivity index (χ0n) is 13.5. The van der Waals surface area contributed by atoms with Crippen LogP contribution in [-0.4, -0.2) is 41.4 Å². The number of nitrogens with one attached hydrogen (secondary N) is 2. The Hall–Kier alpha value is -2.96. The van der Waals surface area contributed by atoms with Gasteiger partial charge in [-0.05, 0) is 36.2 Å². The van der Waals surface area contributed by atoms with Crippen LogP contribution in [-0.2, 0) is 11.2 Å². The molecule has 0 bridgehead atoms. The topological polar surface area (TPSA) is 87.2 Å². The van der Waals surface area contributed by atoms with Crippen molar-refractivity contribution in [2.45, 2.75) is 13.3 Å². The number of fused-ring (bicyclic) bond motifs is 1. The molecule has 0 atom stereocenters. The van der Waals surface area contributed by atoms with Crippen LogP contribution in [0, 0.1) is 0 Å². The summed E-state index contributed by atoms with van der Waals surface area (Å²) in [7, 11) is 0. The number of nitrogens with zero attached hydrogens (tertiary/aromatic N) is 3. The molecule has 7 heteroatoms. The predicted octanol–water partition coefficient (Wildman–Crippen LogP) is 1.23. The second-order valence-corrected chi connectivity index (χ2v) is 5.52. The smallest absolute Gasteiger partial charge is 0.251 e. The van der Waals surface area contributed by atoms with E-state index >= 15 is 0 Å².